The maximum absolute atomic E-state index is 12.8. The van der Waals surface area contributed by atoms with Crippen LogP contribution in [-0.2, 0) is 19.1 Å². The summed E-state index contributed by atoms with van der Waals surface area (Å²) in [6, 6.07) is 10.7. The highest BCUT2D eigenvalue weighted by atomic mass is 16.6. The van der Waals surface area contributed by atoms with Crippen LogP contribution in [0.25, 0.3) is 10.8 Å². The lowest BCUT2D eigenvalue weighted by Crippen LogP contribution is -2.41. The van der Waals surface area contributed by atoms with Gasteiger partial charge in [-0.1, -0.05) is 37.6 Å². The van der Waals surface area contributed by atoms with Crippen LogP contribution in [0.4, 0.5) is 0 Å². The Morgan fingerprint density at radius 3 is 2.17 bits per heavy atom. The van der Waals surface area contributed by atoms with E-state index in [1.807, 2.05) is 19.1 Å². The molecule has 3 rings (SSSR count). The van der Waals surface area contributed by atoms with Crippen molar-refractivity contribution in [2.45, 2.75) is 32.6 Å². The molecule has 2 aromatic rings. The molecule has 0 saturated heterocycles. The Balaban J connectivity index is 1.53. The van der Waals surface area contributed by atoms with Crippen molar-refractivity contribution in [2.75, 3.05) is 19.8 Å². The predicted octanol–water partition coefficient (Wildman–Crippen LogP) is 3.10. The molecule has 0 unspecified atom stereocenters. The van der Waals surface area contributed by atoms with Crippen molar-refractivity contribution in [1.29, 1.82) is 0 Å². The lowest BCUT2D eigenvalue weighted by Gasteiger charge is -2.27. The van der Waals surface area contributed by atoms with Gasteiger partial charge in [0.25, 0.3) is 11.8 Å². The fraction of sp³-hybridized carbons (Fsp3) is 0.364. The zero-order chi connectivity index (χ0) is 20.8. The van der Waals surface area contributed by atoms with Crippen molar-refractivity contribution in [1.82, 2.24) is 4.90 Å². The molecule has 1 aliphatic heterocycles. The van der Waals surface area contributed by atoms with Crippen molar-refractivity contribution in [3.05, 3.63) is 47.5 Å². The van der Waals surface area contributed by atoms with E-state index in [4.69, 9.17) is 9.47 Å². The van der Waals surface area contributed by atoms with E-state index in [-0.39, 0.29) is 31.2 Å². The molecule has 0 fully saturated rings. The van der Waals surface area contributed by atoms with E-state index in [9.17, 15) is 19.2 Å². The molecule has 0 bridgehead atoms. The monoisotopic (exact) mass is 397 g/mol. The molecule has 29 heavy (non-hydrogen) atoms. The second-order valence-corrected chi connectivity index (χ2v) is 6.81. The highest BCUT2D eigenvalue weighted by Gasteiger charge is 2.32. The minimum atomic E-state index is -0.585. The van der Waals surface area contributed by atoms with Crippen molar-refractivity contribution in [3.8, 4) is 0 Å². The molecular weight excluding hydrogens is 374 g/mol. The maximum atomic E-state index is 12.8. The van der Waals surface area contributed by atoms with Crippen molar-refractivity contribution in [2.24, 2.45) is 0 Å². The Bertz CT molecular complexity index is 901. The van der Waals surface area contributed by atoms with Gasteiger partial charge in [0, 0.05) is 29.5 Å². The number of nitrogens with zero attached hydrogens (tertiary/aromatic N) is 1. The van der Waals surface area contributed by atoms with Crippen LogP contribution >= 0.6 is 0 Å². The first-order valence-corrected chi connectivity index (χ1v) is 9.72. The molecule has 0 saturated carbocycles. The Hall–Kier alpha value is -3.22. The second kappa shape index (κ2) is 9.32. The Morgan fingerprint density at radius 1 is 0.897 bits per heavy atom. The smallest absolute Gasteiger partial charge is 0.344 e. The van der Waals surface area contributed by atoms with Gasteiger partial charge in [-0.3, -0.25) is 19.3 Å². The molecule has 0 N–H and O–H groups in total. The van der Waals surface area contributed by atoms with E-state index in [1.54, 1.807) is 24.3 Å². The van der Waals surface area contributed by atoms with Gasteiger partial charge in [-0.2, -0.15) is 0 Å². The number of amides is 2. The first kappa shape index (κ1) is 20.5. The van der Waals surface area contributed by atoms with Gasteiger partial charge in [-0.15, -0.1) is 0 Å². The first-order valence-electron chi connectivity index (χ1n) is 9.72. The quantitative estimate of drug-likeness (QED) is 0.367. The third-order valence-corrected chi connectivity index (χ3v) is 4.73. The van der Waals surface area contributed by atoms with Crippen LogP contribution in [0.3, 0.4) is 0 Å². The van der Waals surface area contributed by atoms with E-state index in [0.717, 1.165) is 23.1 Å². The molecule has 0 aliphatic carbocycles. The van der Waals surface area contributed by atoms with Crippen molar-refractivity contribution >= 4 is 34.5 Å². The molecule has 0 atom stereocenters. The molecule has 0 aromatic heterocycles. The highest BCUT2D eigenvalue weighted by molar-refractivity contribution is 6.25. The van der Waals surface area contributed by atoms with Gasteiger partial charge in [0.1, 0.15) is 0 Å². The van der Waals surface area contributed by atoms with Crippen LogP contribution in [-0.4, -0.2) is 48.4 Å². The normalized spacial score (nSPS) is 12.9. The number of imide groups is 1. The molecule has 1 aliphatic rings. The lowest BCUT2D eigenvalue weighted by molar-refractivity contribution is -0.158. The van der Waals surface area contributed by atoms with Crippen LogP contribution in [0.2, 0.25) is 0 Å². The first-order chi connectivity index (χ1) is 14.0. The number of benzene rings is 2. The van der Waals surface area contributed by atoms with Gasteiger partial charge < -0.3 is 9.47 Å². The average Bonchev–Trinajstić information content (AvgIpc) is 2.73. The summed E-state index contributed by atoms with van der Waals surface area (Å²) in [7, 11) is 0. The SMILES string of the molecule is CCCCOC(=O)COC(=O)CCCN1C(=O)c2cccc3cccc(c23)C1=O. The third-order valence-electron chi connectivity index (χ3n) is 4.73. The molecular formula is C22H23NO6. The van der Waals surface area contributed by atoms with Crippen LogP contribution < -0.4 is 0 Å². The van der Waals surface area contributed by atoms with E-state index in [2.05, 4.69) is 0 Å². The minimum absolute atomic E-state index is 0.00878. The number of rotatable bonds is 9. The number of hydrogen-bond donors (Lipinski definition) is 0. The maximum Gasteiger partial charge on any atom is 0.344 e. The number of esters is 2. The lowest BCUT2D eigenvalue weighted by atomic mass is 9.94. The van der Waals surface area contributed by atoms with E-state index < -0.39 is 18.5 Å². The number of carbonyl (C=O) groups excluding carboxylic acids is 4. The average molecular weight is 397 g/mol. The van der Waals surface area contributed by atoms with Gasteiger partial charge >= 0.3 is 11.9 Å². The summed E-state index contributed by atoms with van der Waals surface area (Å²) in [5.74, 6) is -1.89. The number of carbonyl (C=O) groups is 4. The van der Waals surface area contributed by atoms with Crippen molar-refractivity contribution < 1.29 is 28.7 Å². The highest BCUT2D eigenvalue weighted by Crippen LogP contribution is 2.30. The van der Waals surface area contributed by atoms with E-state index in [0.29, 0.717) is 23.1 Å². The summed E-state index contributed by atoms with van der Waals surface area (Å²) < 4.78 is 9.79. The molecule has 0 radical (unpaired) electrons. The van der Waals surface area contributed by atoms with Crippen LogP contribution in [0.5, 0.6) is 0 Å². The summed E-state index contributed by atoms with van der Waals surface area (Å²) in [6.07, 6.45) is 1.90. The Morgan fingerprint density at radius 2 is 1.55 bits per heavy atom. The van der Waals surface area contributed by atoms with Crippen LogP contribution in [0, 0.1) is 0 Å². The molecule has 0 spiro atoms. The number of hydrogen-bond acceptors (Lipinski definition) is 6. The predicted molar refractivity (Wildman–Crippen MR) is 105 cm³/mol. The third kappa shape index (κ3) is 4.62. The number of ether oxygens (including phenoxy) is 2. The topological polar surface area (TPSA) is 90.0 Å². The van der Waals surface area contributed by atoms with Gasteiger partial charge in [-0.25, -0.2) is 4.79 Å². The summed E-state index contributed by atoms with van der Waals surface area (Å²) >= 11 is 0. The zero-order valence-corrected chi connectivity index (χ0v) is 16.3. The fourth-order valence-corrected chi connectivity index (χ4v) is 3.25. The fourth-order valence-electron chi connectivity index (χ4n) is 3.25. The second-order valence-electron chi connectivity index (χ2n) is 6.81. The summed E-state index contributed by atoms with van der Waals surface area (Å²) in [5, 5.41) is 1.51. The summed E-state index contributed by atoms with van der Waals surface area (Å²) in [5.41, 5.74) is 0.963. The summed E-state index contributed by atoms with van der Waals surface area (Å²) in [4.78, 5) is 49.9. The zero-order valence-electron chi connectivity index (χ0n) is 16.3. The Kier molecular flexibility index (Phi) is 6.59. The van der Waals surface area contributed by atoms with Crippen LogP contribution in [0.1, 0.15) is 53.3 Å². The molecule has 152 valence electrons. The van der Waals surface area contributed by atoms with Crippen molar-refractivity contribution in [3.63, 3.8) is 0 Å². The Labute approximate surface area is 168 Å². The molecule has 2 aromatic carbocycles. The van der Waals surface area contributed by atoms with Crippen LogP contribution in [0.15, 0.2) is 36.4 Å². The van der Waals surface area contributed by atoms with Gasteiger partial charge in [0.15, 0.2) is 6.61 Å². The molecule has 1 heterocycles. The van der Waals surface area contributed by atoms with Gasteiger partial charge in [-0.05, 0) is 30.4 Å². The van der Waals surface area contributed by atoms with Gasteiger partial charge in [0.2, 0.25) is 0 Å². The van der Waals surface area contributed by atoms with E-state index in [1.165, 1.54) is 0 Å². The minimum Gasteiger partial charge on any atom is -0.463 e. The molecule has 7 heteroatoms. The summed E-state index contributed by atoms with van der Waals surface area (Å²) in [6.45, 7) is 1.95. The van der Waals surface area contributed by atoms with Gasteiger partial charge in [0.05, 0.1) is 6.61 Å². The molecule has 7 nitrogen and oxygen atoms in total. The number of unbranched alkanes of at least 4 members (excludes halogenated alkanes) is 1. The molecule has 2 amide bonds. The standard InChI is InChI=1S/C22H23NO6/c1-2-3-13-28-19(25)14-29-18(24)11-6-12-23-21(26)16-9-4-7-15-8-5-10-17(20(15)16)22(23)27/h4-5,7-10H,2-3,6,11-14H2,1H3. The van der Waals surface area contributed by atoms with E-state index >= 15 is 0 Å². The largest absolute Gasteiger partial charge is 0.463 e.